The molecule has 1 atom stereocenters. The Hall–Kier alpha value is -0.570. The van der Waals surface area contributed by atoms with Crippen molar-refractivity contribution in [1.29, 1.82) is 0 Å². The molecule has 24 heavy (non-hydrogen) atoms. The molecule has 3 N–H and O–H groups in total. The minimum atomic E-state index is -0.641. The van der Waals surface area contributed by atoms with Crippen LogP contribution in [-0.2, 0) is 4.79 Å². The average molecular weight is 342 g/mol. The third-order valence-electron chi connectivity index (χ3n) is 5.01. The molecule has 0 fully saturated rings. The van der Waals surface area contributed by atoms with Crippen molar-refractivity contribution in [2.75, 3.05) is 6.54 Å². The van der Waals surface area contributed by atoms with Crippen molar-refractivity contribution in [3.63, 3.8) is 0 Å². The van der Waals surface area contributed by atoms with Gasteiger partial charge in [-0.2, -0.15) is 0 Å². The summed E-state index contributed by atoms with van der Waals surface area (Å²) in [6.07, 6.45) is 21.2. The van der Waals surface area contributed by atoms with Crippen LogP contribution in [0.4, 0.5) is 0 Å². The Bertz CT molecular complexity index is 269. The quantitative estimate of drug-likeness (QED) is 0.271. The maximum atomic E-state index is 11.1. The predicted molar refractivity (Wildman–Crippen MR) is 104 cm³/mol. The standard InChI is InChI=1S/C21H43NO2/c1-2-3-4-5-6-7-8-9-10-11-12-13-14-15-17-20(21(23)24)18-16-19-22/h20H,2-19,22H2,1H3,(H,23,24). The second-order valence-corrected chi connectivity index (χ2v) is 7.35. The third kappa shape index (κ3) is 16.3. The molecule has 0 aromatic carbocycles. The molecule has 0 amide bonds. The molecule has 0 aliphatic heterocycles. The van der Waals surface area contributed by atoms with Crippen LogP contribution < -0.4 is 5.73 Å². The zero-order valence-corrected chi connectivity index (χ0v) is 16.2. The number of unbranched alkanes of at least 4 members (excludes halogenated alkanes) is 13. The summed E-state index contributed by atoms with van der Waals surface area (Å²) in [7, 11) is 0. The fraction of sp³-hybridized carbons (Fsp3) is 0.952. The molecule has 0 aliphatic rings. The van der Waals surface area contributed by atoms with Crippen molar-refractivity contribution in [2.24, 2.45) is 11.7 Å². The molecule has 0 bridgehead atoms. The molecule has 0 radical (unpaired) electrons. The van der Waals surface area contributed by atoms with E-state index in [0.717, 1.165) is 25.7 Å². The largest absolute Gasteiger partial charge is 0.481 e. The van der Waals surface area contributed by atoms with Crippen molar-refractivity contribution in [3.8, 4) is 0 Å². The summed E-state index contributed by atoms with van der Waals surface area (Å²) in [5.74, 6) is -0.816. The van der Waals surface area contributed by atoms with E-state index in [1.54, 1.807) is 0 Å². The Morgan fingerprint density at radius 2 is 1.08 bits per heavy atom. The summed E-state index contributed by atoms with van der Waals surface area (Å²) in [6.45, 7) is 2.87. The number of aliphatic carboxylic acids is 1. The lowest BCUT2D eigenvalue weighted by molar-refractivity contribution is -0.142. The second kappa shape index (κ2) is 18.8. The normalized spacial score (nSPS) is 12.4. The zero-order chi connectivity index (χ0) is 17.9. The highest BCUT2D eigenvalue weighted by Crippen LogP contribution is 2.17. The van der Waals surface area contributed by atoms with Gasteiger partial charge in [-0.25, -0.2) is 0 Å². The molecule has 3 nitrogen and oxygen atoms in total. The molecule has 0 heterocycles. The van der Waals surface area contributed by atoms with E-state index in [1.807, 2.05) is 0 Å². The lowest BCUT2D eigenvalue weighted by Gasteiger charge is -2.11. The van der Waals surface area contributed by atoms with Crippen molar-refractivity contribution >= 4 is 5.97 Å². The first-order valence-corrected chi connectivity index (χ1v) is 10.6. The first-order chi connectivity index (χ1) is 11.7. The van der Waals surface area contributed by atoms with E-state index >= 15 is 0 Å². The Kier molecular flexibility index (Phi) is 18.3. The topological polar surface area (TPSA) is 63.3 Å². The van der Waals surface area contributed by atoms with Crippen molar-refractivity contribution < 1.29 is 9.90 Å². The Balaban J connectivity index is 3.25. The van der Waals surface area contributed by atoms with Crippen LogP contribution >= 0.6 is 0 Å². The Morgan fingerprint density at radius 3 is 1.46 bits per heavy atom. The summed E-state index contributed by atoms with van der Waals surface area (Å²) in [5.41, 5.74) is 5.46. The molecular formula is C21H43NO2. The minimum absolute atomic E-state index is 0.175. The molecule has 3 heteroatoms. The van der Waals surface area contributed by atoms with E-state index in [1.165, 1.54) is 83.5 Å². The molecule has 0 aliphatic carbocycles. The van der Waals surface area contributed by atoms with Gasteiger partial charge in [-0.15, -0.1) is 0 Å². The van der Waals surface area contributed by atoms with Crippen molar-refractivity contribution in [3.05, 3.63) is 0 Å². The number of carbonyl (C=O) groups is 1. The summed E-state index contributed by atoms with van der Waals surface area (Å²) < 4.78 is 0. The first-order valence-electron chi connectivity index (χ1n) is 10.6. The van der Waals surface area contributed by atoms with Gasteiger partial charge in [-0.05, 0) is 25.8 Å². The van der Waals surface area contributed by atoms with Gasteiger partial charge in [0.25, 0.3) is 0 Å². The molecule has 144 valence electrons. The highest BCUT2D eigenvalue weighted by Gasteiger charge is 2.15. The van der Waals surface area contributed by atoms with Gasteiger partial charge in [0.15, 0.2) is 0 Å². The van der Waals surface area contributed by atoms with E-state index < -0.39 is 5.97 Å². The summed E-state index contributed by atoms with van der Waals surface area (Å²) in [5, 5.41) is 9.16. The molecule has 0 saturated carbocycles. The van der Waals surface area contributed by atoms with Crippen LogP contribution in [0.2, 0.25) is 0 Å². The second-order valence-electron chi connectivity index (χ2n) is 7.35. The van der Waals surface area contributed by atoms with Gasteiger partial charge in [0.1, 0.15) is 0 Å². The van der Waals surface area contributed by atoms with Crippen LogP contribution in [0, 0.1) is 5.92 Å². The maximum Gasteiger partial charge on any atom is 0.306 e. The molecule has 0 aromatic heterocycles. The molecular weight excluding hydrogens is 298 g/mol. The van der Waals surface area contributed by atoms with Crippen molar-refractivity contribution in [2.45, 2.75) is 116 Å². The SMILES string of the molecule is CCCCCCCCCCCCCCCCC(CCCN)C(=O)O. The third-order valence-corrected chi connectivity index (χ3v) is 5.01. The monoisotopic (exact) mass is 341 g/mol. The molecule has 0 aromatic rings. The van der Waals surface area contributed by atoms with Crippen molar-refractivity contribution in [1.82, 2.24) is 0 Å². The fourth-order valence-corrected chi connectivity index (χ4v) is 3.34. The van der Waals surface area contributed by atoms with Gasteiger partial charge < -0.3 is 10.8 Å². The van der Waals surface area contributed by atoms with E-state index in [4.69, 9.17) is 10.8 Å². The first kappa shape index (κ1) is 23.4. The minimum Gasteiger partial charge on any atom is -0.481 e. The predicted octanol–water partition coefficient (Wildman–Crippen LogP) is 6.30. The van der Waals surface area contributed by atoms with Crippen LogP contribution in [0.3, 0.4) is 0 Å². The van der Waals surface area contributed by atoms with Crippen LogP contribution in [0.25, 0.3) is 0 Å². The van der Waals surface area contributed by atoms with Gasteiger partial charge in [0.05, 0.1) is 5.92 Å². The lowest BCUT2D eigenvalue weighted by Crippen LogP contribution is -2.15. The van der Waals surface area contributed by atoms with Gasteiger partial charge in [-0.3, -0.25) is 4.79 Å². The fourth-order valence-electron chi connectivity index (χ4n) is 3.34. The van der Waals surface area contributed by atoms with Crippen LogP contribution in [0.15, 0.2) is 0 Å². The highest BCUT2D eigenvalue weighted by molar-refractivity contribution is 5.69. The molecule has 0 rings (SSSR count). The number of rotatable bonds is 19. The Morgan fingerprint density at radius 1 is 0.708 bits per heavy atom. The van der Waals surface area contributed by atoms with Crippen LogP contribution in [-0.4, -0.2) is 17.6 Å². The summed E-state index contributed by atoms with van der Waals surface area (Å²) >= 11 is 0. The van der Waals surface area contributed by atoms with E-state index in [2.05, 4.69) is 6.92 Å². The molecule has 0 spiro atoms. The van der Waals surface area contributed by atoms with Crippen LogP contribution in [0.1, 0.15) is 116 Å². The summed E-state index contributed by atoms with van der Waals surface area (Å²) in [4.78, 5) is 11.1. The average Bonchev–Trinajstić information content (AvgIpc) is 2.57. The van der Waals surface area contributed by atoms with E-state index in [0.29, 0.717) is 6.54 Å². The van der Waals surface area contributed by atoms with Gasteiger partial charge >= 0.3 is 5.97 Å². The van der Waals surface area contributed by atoms with E-state index in [9.17, 15) is 4.79 Å². The lowest BCUT2D eigenvalue weighted by atomic mass is 9.95. The van der Waals surface area contributed by atoms with Gasteiger partial charge in [-0.1, -0.05) is 96.8 Å². The van der Waals surface area contributed by atoms with E-state index in [-0.39, 0.29) is 5.92 Å². The van der Waals surface area contributed by atoms with Crippen LogP contribution in [0.5, 0.6) is 0 Å². The number of hydrogen-bond donors (Lipinski definition) is 2. The smallest absolute Gasteiger partial charge is 0.306 e. The van der Waals surface area contributed by atoms with Gasteiger partial charge in [0, 0.05) is 0 Å². The molecule has 1 unspecified atom stereocenters. The number of carboxylic acid groups (broad SMARTS) is 1. The summed E-state index contributed by atoms with van der Waals surface area (Å²) in [6, 6.07) is 0. The van der Waals surface area contributed by atoms with Gasteiger partial charge in [0.2, 0.25) is 0 Å². The number of carboxylic acids is 1. The Labute approximate surface area is 150 Å². The maximum absolute atomic E-state index is 11.1. The number of hydrogen-bond acceptors (Lipinski definition) is 2. The zero-order valence-electron chi connectivity index (χ0n) is 16.2. The number of nitrogens with two attached hydrogens (primary N) is 1. The molecule has 0 saturated heterocycles. The highest BCUT2D eigenvalue weighted by atomic mass is 16.4.